The SMILES string of the molecule is Cl.Oc1ccc(CCN2CC[C@]34CCCC[C@H]3[C@H]2Cc2ccc(O)cc24)cc1. The predicted molar refractivity (Wildman–Crippen MR) is 114 cm³/mol. The van der Waals surface area contributed by atoms with Gasteiger partial charge in [-0.15, -0.1) is 12.4 Å². The molecule has 1 aliphatic heterocycles. The second-order valence-corrected chi connectivity index (χ2v) is 8.82. The normalized spacial score (nSPS) is 28.7. The van der Waals surface area contributed by atoms with Crippen molar-refractivity contribution in [3.8, 4) is 11.5 Å². The van der Waals surface area contributed by atoms with Gasteiger partial charge in [-0.1, -0.05) is 31.0 Å². The van der Waals surface area contributed by atoms with Crippen LogP contribution in [0.2, 0.25) is 0 Å². The van der Waals surface area contributed by atoms with Crippen LogP contribution in [-0.2, 0) is 18.3 Å². The number of piperidine rings is 1. The Balaban J connectivity index is 0.00000192. The number of rotatable bonds is 3. The summed E-state index contributed by atoms with van der Waals surface area (Å²) in [5.74, 6) is 1.51. The van der Waals surface area contributed by atoms with Gasteiger partial charge in [0.1, 0.15) is 11.5 Å². The fourth-order valence-electron chi connectivity index (χ4n) is 6.29. The molecule has 0 spiro atoms. The Labute approximate surface area is 173 Å². The highest BCUT2D eigenvalue weighted by Gasteiger charge is 2.53. The fraction of sp³-hybridized carbons (Fsp3) is 0.500. The Morgan fingerprint density at radius 1 is 0.964 bits per heavy atom. The third-order valence-corrected chi connectivity index (χ3v) is 7.56. The Bertz CT molecular complexity index is 837. The molecule has 150 valence electrons. The molecule has 3 aliphatic rings. The lowest BCUT2D eigenvalue weighted by Gasteiger charge is -2.59. The maximum Gasteiger partial charge on any atom is 0.115 e. The van der Waals surface area contributed by atoms with Crippen LogP contribution in [-0.4, -0.2) is 34.2 Å². The van der Waals surface area contributed by atoms with Crippen molar-refractivity contribution in [3.63, 3.8) is 0 Å². The molecule has 3 atom stereocenters. The summed E-state index contributed by atoms with van der Waals surface area (Å²) in [6, 6.07) is 14.4. The van der Waals surface area contributed by atoms with Crippen molar-refractivity contribution in [2.75, 3.05) is 13.1 Å². The van der Waals surface area contributed by atoms with Crippen LogP contribution in [0.1, 0.15) is 48.8 Å². The first-order valence-corrected chi connectivity index (χ1v) is 10.5. The van der Waals surface area contributed by atoms with Gasteiger partial charge in [-0.3, -0.25) is 4.90 Å². The lowest BCUT2D eigenvalue weighted by molar-refractivity contribution is -0.0106. The third-order valence-electron chi connectivity index (χ3n) is 7.56. The van der Waals surface area contributed by atoms with Gasteiger partial charge in [-0.2, -0.15) is 0 Å². The van der Waals surface area contributed by atoms with Crippen LogP contribution in [0.5, 0.6) is 11.5 Å². The lowest BCUT2D eigenvalue weighted by Crippen LogP contribution is -2.61. The number of hydrogen-bond acceptors (Lipinski definition) is 3. The van der Waals surface area contributed by atoms with E-state index in [0.29, 0.717) is 23.0 Å². The first kappa shape index (κ1) is 19.6. The molecule has 0 radical (unpaired) electrons. The fourth-order valence-corrected chi connectivity index (χ4v) is 6.29. The summed E-state index contributed by atoms with van der Waals surface area (Å²) in [6.45, 7) is 2.25. The van der Waals surface area contributed by atoms with Crippen LogP contribution in [0.15, 0.2) is 42.5 Å². The van der Waals surface area contributed by atoms with E-state index in [1.54, 1.807) is 12.1 Å². The van der Waals surface area contributed by atoms with E-state index < -0.39 is 0 Å². The number of fused-ring (bicyclic) bond motifs is 1. The molecule has 0 aromatic heterocycles. The molecule has 2 aliphatic carbocycles. The number of benzene rings is 2. The minimum atomic E-state index is 0. The molecule has 28 heavy (non-hydrogen) atoms. The van der Waals surface area contributed by atoms with Crippen molar-refractivity contribution in [3.05, 3.63) is 59.2 Å². The molecule has 2 N–H and O–H groups in total. The largest absolute Gasteiger partial charge is 0.508 e. The van der Waals surface area contributed by atoms with E-state index in [9.17, 15) is 10.2 Å². The molecule has 5 rings (SSSR count). The molecule has 0 unspecified atom stereocenters. The van der Waals surface area contributed by atoms with Gasteiger partial charge in [-0.05, 0) is 85.5 Å². The van der Waals surface area contributed by atoms with E-state index in [1.807, 2.05) is 18.2 Å². The van der Waals surface area contributed by atoms with Crippen molar-refractivity contribution in [2.24, 2.45) is 5.92 Å². The first-order chi connectivity index (χ1) is 13.2. The highest BCUT2D eigenvalue weighted by atomic mass is 35.5. The Hall–Kier alpha value is -1.71. The average molecular weight is 400 g/mol. The molecule has 3 nitrogen and oxygen atoms in total. The Morgan fingerprint density at radius 2 is 1.75 bits per heavy atom. The highest BCUT2D eigenvalue weighted by molar-refractivity contribution is 5.85. The summed E-state index contributed by atoms with van der Waals surface area (Å²) in [6.07, 6.45) is 8.68. The number of phenolic OH excluding ortho intramolecular Hbond substituents is 2. The minimum absolute atomic E-state index is 0. The minimum Gasteiger partial charge on any atom is -0.508 e. The number of phenols is 2. The molecule has 1 heterocycles. The zero-order valence-corrected chi connectivity index (χ0v) is 17.1. The van der Waals surface area contributed by atoms with Crippen LogP contribution >= 0.6 is 12.4 Å². The monoisotopic (exact) mass is 399 g/mol. The van der Waals surface area contributed by atoms with Crippen LogP contribution in [0, 0.1) is 5.92 Å². The summed E-state index contributed by atoms with van der Waals surface area (Å²) in [5.41, 5.74) is 4.52. The van der Waals surface area contributed by atoms with Crippen molar-refractivity contribution < 1.29 is 10.2 Å². The summed E-state index contributed by atoms with van der Waals surface area (Å²) in [5, 5.41) is 19.6. The summed E-state index contributed by atoms with van der Waals surface area (Å²) < 4.78 is 0. The molecular weight excluding hydrogens is 370 g/mol. The maximum atomic E-state index is 10.1. The second-order valence-electron chi connectivity index (χ2n) is 8.82. The molecule has 1 saturated carbocycles. The van der Waals surface area contributed by atoms with Gasteiger partial charge in [0.05, 0.1) is 0 Å². The number of nitrogens with zero attached hydrogens (tertiary/aromatic N) is 1. The zero-order valence-electron chi connectivity index (χ0n) is 16.3. The van der Waals surface area contributed by atoms with Crippen molar-refractivity contribution >= 4 is 12.4 Å². The maximum absolute atomic E-state index is 10.1. The number of hydrogen-bond donors (Lipinski definition) is 2. The summed E-state index contributed by atoms with van der Waals surface area (Å²) in [4.78, 5) is 2.73. The van der Waals surface area contributed by atoms with Crippen molar-refractivity contribution in [1.82, 2.24) is 4.90 Å². The zero-order chi connectivity index (χ0) is 18.4. The Morgan fingerprint density at radius 3 is 2.57 bits per heavy atom. The standard InChI is InChI=1S/C24H29NO2.ClH/c26-19-7-4-17(5-8-19)10-13-25-14-12-24-11-2-1-3-21(24)23(25)15-18-6-9-20(27)16-22(18)24;/h4-9,16,21,23,26-27H,1-3,10-15H2;1H/t21-,23+,24+;/m0./s1. The molecule has 1 saturated heterocycles. The van der Waals surface area contributed by atoms with Crippen molar-refractivity contribution in [1.29, 1.82) is 0 Å². The van der Waals surface area contributed by atoms with E-state index >= 15 is 0 Å². The van der Waals surface area contributed by atoms with Crippen LogP contribution in [0.3, 0.4) is 0 Å². The van der Waals surface area contributed by atoms with Gasteiger partial charge in [0.25, 0.3) is 0 Å². The van der Waals surface area contributed by atoms with Gasteiger partial charge >= 0.3 is 0 Å². The van der Waals surface area contributed by atoms with Gasteiger partial charge in [0.15, 0.2) is 0 Å². The first-order valence-electron chi connectivity index (χ1n) is 10.5. The van der Waals surface area contributed by atoms with E-state index in [-0.39, 0.29) is 12.4 Å². The summed E-state index contributed by atoms with van der Waals surface area (Å²) in [7, 11) is 0. The molecule has 2 aromatic rings. The van der Waals surface area contributed by atoms with E-state index in [1.165, 1.54) is 48.8 Å². The second kappa shape index (κ2) is 7.61. The van der Waals surface area contributed by atoms with E-state index in [4.69, 9.17) is 0 Å². The molecule has 2 aromatic carbocycles. The summed E-state index contributed by atoms with van der Waals surface area (Å²) >= 11 is 0. The van der Waals surface area contributed by atoms with E-state index in [2.05, 4.69) is 17.0 Å². The van der Waals surface area contributed by atoms with Gasteiger partial charge < -0.3 is 10.2 Å². The smallest absolute Gasteiger partial charge is 0.115 e. The number of halogens is 1. The molecule has 4 heteroatoms. The third kappa shape index (κ3) is 3.19. The highest BCUT2D eigenvalue weighted by Crippen LogP contribution is 2.56. The van der Waals surface area contributed by atoms with Crippen LogP contribution < -0.4 is 0 Å². The number of aromatic hydroxyl groups is 2. The van der Waals surface area contributed by atoms with E-state index in [0.717, 1.165) is 31.8 Å². The van der Waals surface area contributed by atoms with Crippen LogP contribution in [0.25, 0.3) is 0 Å². The lowest BCUT2D eigenvalue weighted by atomic mass is 9.52. The molecule has 2 fully saturated rings. The van der Waals surface area contributed by atoms with Crippen LogP contribution in [0.4, 0.5) is 0 Å². The predicted octanol–water partition coefficient (Wildman–Crippen LogP) is 4.82. The molecule has 0 amide bonds. The van der Waals surface area contributed by atoms with Gasteiger partial charge in [0.2, 0.25) is 0 Å². The van der Waals surface area contributed by atoms with Crippen molar-refractivity contribution in [2.45, 2.75) is 56.4 Å². The average Bonchev–Trinajstić information content (AvgIpc) is 2.69. The molecular formula is C24H30ClNO2. The molecule has 2 bridgehead atoms. The van der Waals surface area contributed by atoms with Gasteiger partial charge in [-0.25, -0.2) is 0 Å². The number of likely N-dealkylation sites (tertiary alicyclic amines) is 1. The van der Waals surface area contributed by atoms with Gasteiger partial charge in [0, 0.05) is 18.0 Å². The Kier molecular flexibility index (Phi) is 5.32. The quantitative estimate of drug-likeness (QED) is 0.777. The topological polar surface area (TPSA) is 43.7 Å².